The van der Waals surface area contributed by atoms with Crippen LogP contribution < -0.4 is 9.46 Å². The summed E-state index contributed by atoms with van der Waals surface area (Å²) in [7, 11) is -0.458. The van der Waals surface area contributed by atoms with Crippen molar-refractivity contribution >= 4 is 33.2 Å². The standard InChI is InChI=1S/C22H21ClN2O4S/c1-25(15-17-5-3-4-6-21(17)29-2)22(26)16-7-11-19(12-8-16)24-30(27,28)20-13-9-18(23)10-14-20/h3-14,24H,15H2,1-2H3. The van der Waals surface area contributed by atoms with Gasteiger partial charge in [0, 0.05) is 35.4 Å². The summed E-state index contributed by atoms with van der Waals surface area (Å²) >= 11 is 5.80. The van der Waals surface area contributed by atoms with Crippen LogP contribution in [0.3, 0.4) is 0 Å². The second kappa shape index (κ2) is 9.19. The average Bonchev–Trinajstić information content (AvgIpc) is 2.74. The highest BCUT2D eigenvalue weighted by molar-refractivity contribution is 7.92. The van der Waals surface area contributed by atoms with E-state index in [4.69, 9.17) is 16.3 Å². The Kier molecular flexibility index (Phi) is 6.64. The van der Waals surface area contributed by atoms with Crippen LogP contribution in [-0.2, 0) is 16.6 Å². The third-order valence-corrected chi connectivity index (χ3v) is 6.10. The summed E-state index contributed by atoms with van der Waals surface area (Å²) in [6.07, 6.45) is 0. The monoisotopic (exact) mass is 444 g/mol. The second-order valence-electron chi connectivity index (χ2n) is 6.61. The van der Waals surface area contributed by atoms with Gasteiger partial charge in [-0.15, -0.1) is 0 Å². The SMILES string of the molecule is COc1ccccc1CN(C)C(=O)c1ccc(NS(=O)(=O)c2ccc(Cl)cc2)cc1. The van der Waals surface area contributed by atoms with Crippen LogP contribution in [0.25, 0.3) is 0 Å². The van der Waals surface area contributed by atoms with Gasteiger partial charge in [-0.25, -0.2) is 8.42 Å². The van der Waals surface area contributed by atoms with Gasteiger partial charge < -0.3 is 9.64 Å². The zero-order chi connectivity index (χ0) is 21.7. The van der Waals surface area contributed by atoms with Gasteiger partial charge in [0.25, 0.3) is 15.9 Å². The van der Waals surface area contributed by atoms with Gasteiger partial charge in [0.15, 0.2) is 0 Å². The van der Waals surface area contributed by atoms with Crippen LogP contribution >= 0.6 is 11.6 Å². The molecular formula is C22H21ClN2O4S. The van der Waals surface area contributed by atoms with E-state index in [-0.39, 0.29) is 10.8 Å². The number of amides is 1. The summed E-state index contributed by atoms with van der Waals surface area (Å²) in [4.78, 5) is 14.4. The lowest BCUT2D eigenvalue weighted by molar-refractivity contribution is 0.0784. The number of nitrogens with one attached hydrogen (secondary N) is 1. The van der Waals surface area contributed by atoms with Crippen molar-refractivity contribution < 1.29 is 17.9 Å². The molecule has 0 aliphatic heterocycles. The summed E-state index contributed by atoms with van der Waals surface area (Å²) in [6, 6.07) is 19.6. The van der Waals surface area contributed by atoms with Crippen molar-refractivity contribution in [2.24, 2.45) is 0 Å². The van der Waals surface area contributed by atoms with Crippen molar-refractivity contribution in [3.8, 4) is 5.75 Å². The molecule has 3 aromatic carbocycles. The molecule has 0 heterocycles. The van der Waals surface area contributed by atoms with E-state index in [0.717, 1.165) is 5.56 Å². The maximum atomic E-state index is 12.7. The average molecular weight is 445 g/mol. The predicted molar refractivity (Wildman–Crippen MR) is 117 cm³/mol. The normalized spacial score (nSPS) is 11.0. The number of ether oxygens (including phenoxy) is 1. The third kappa shape index (κ3) is 5.11. The fourth-order valence-electron chi connectivity index (χ4n) is 2.89. The summed E-state index contributed by atoms with van der Waals surface area (Å²) in [6.45, 7) is 0.383. The van der Waals surface area contributed by atoms with Crippen molar-refractivity contribution in [3.05, 3.63) is 88.9 Å². The molecule has 0 bridgehead atoms. The summed E-state index contributed by atoms with van der Waals surface area (Å²) < 4.78 is 32.7. The Hall–Kier alpha value is -3.03. The van der Waals surface area contributed by atoms with Gasteiger partial charge in [0.05, 0.1) is 12.0 Å². The zero-order valence-electron chi connectivity index (χ0n) is 16.5. The number of methoxy groups -OCH3 is 1. The smallest absolute Gasteiger partial charge is 0.261 e. The van der Waals surface area contributed by atoms with Crippen molar-refractivity contribution in [3.63, 3.8) is 0 Å². The summed E-state index contributed by atoms with van der Waals surface area (Å²) in [5, 5.41) is 0.453. The molecule has 0 spiro atoms. The van der Waals surface area contributed by atoms with Crippen LogP contribution in [0.5, 0.6) is 5.75 Å². The van der Waals surface area contributed by atoms with Gasteiger partial charge in [-0.05, 0) is 54.6 Å². The molecule has 6 nitrogen and oxygen atoms in total. The van der Waals surface area contributed by atoms with Crippen molar-refractivity contribution in [1.29, 1.82) is 0 Å². The van der Waals surface area contributed by atoms with Crippen LogP contribution in [0.4, 0.5) is 5.69 Å². The van der Waals surface area contributed by atoms with Crippen molar-refractivity contribution in [1.82, 2.24) is 4.90 Å². The topological polar surface area (TPSA) is 75.7 Å². The fourth-order valence-corrected chi connectivity index (χ4v) is 4.07. The molecule has 0 saturated heterocycles. The number of benzene rings is 3. The molecule has 30 heavy (non-hydrogen) atoms. The lowest BCUT2D eigenvalue weighted by atomic mass is 10.1. The lowest BCUT2D eigenvalue weighted by Crippen LogP contribution is -2.26. The minimum atomic E-state index is -3.75. The zero-order valence-corrected chi connectivity index (χ0v) is 18.1. The molecule has 0 radical (unpaired) electrons. The van der Waals surface area contributed by atoms with Crippen LogP contribution in [-0.4, -0.2) is 33.4 Å². The largest absolute Gasteiger partial charge is 0.496 e. The van der Waals surface area contributed by atoms with Crippen LogP contribution in [0.1, 0.15) is 15.9 Å². The van der Waals surface area contributed by atoms with E-state index in [9.17, 15) is 13.2 Å². The molecule has 8 heteroatoms. The number of carbonyl (C=O) groups is 1. The van der Waals surface area contributed by atoms with Gasteiger partial charge in [0.2, 0.25) is 0 Å². The second-order valence-corrected chi connectivity index (χ2v) is 8.73. The maximum absolute atomic E-state index is 12.7. The summed E-state index contributed by atoms with van der Waals surface area (Å²) in [5.41, 5.74) is 1.69. The molecule has 0 unspecified atom stereocenters. The van der Waals surface area contributed by atoms with Gasteiger partial charge >= 0.3 is 0 Å². The van der Waals surface area contributed by atoms with Crippen molar-refractivity contribution in [2.45, 2.75) is 11.4 Å². The molecule has 3 rings (SSSR count). The van der Waals surface area contributed by atoms with E-state index in [0.29, 0.717) is 28.6 Å². The number of hydrogen-bond donors (Lipinski definition) is 1. The molecule has 0 aliphatic carbocycles. The van der Waals surface area contributed by atoms with E-state index in [1.54, 1.807) is 43.3 Å². The number of hydrogen-bond acceptors (Lipinski definition) is 4. The van der Waals surface area contributed by atoms with Gasteiger partial charge in [-0.3, -0.25) is 9.52 Å². The van der Waals surface area contributed by atoms with Crippen molar-refractivity contribution in [2.75, 3.05) is 18.9 Å². The van der Waals surface area contributed by atoms with E-state index < -0.39 is 10.0 Å². The van der Waals surface area contributed by atoms with E-state index in [2.05, 4.69) is 4.72 Å². The Morgan fingerprint density at radius 2 is 1.63 bits per heavy atom. The number of para-hydroxylation sites is 1. The molecular weight excluding hydrogens is 424 g/mol. The number of sulfonamides is 1. The Bertz CT molecular complexity index is 1130. The number of anilines is 1. The molecule has 3 aromatic rings. The third-order valence-electron chi connectivity index (χ3n) is 4.45. The Labute approximate surface area is 181 Å². The fraction of sp³-hybridized carbons (Fsp3) is 0.136. The Balaban J connectivity index is 1.70. The lowest BCUT2D eigenvalue weighted by Gasteiger charge is -2.19. The van der Waals surface area contributed by atoms with Crippen LogP contribution in [0.15, 0.2) is 77.7 Å². The number of nitrogens with zero attached hydrogens (tertiary/aromatic N) is 1. The molecule has 0 atom stereocenters. The number of rotatable bonds is 7. The highest BCUT2D eigenvalue weighted by Crippen LogP contribution is 2.21. The van der Waals surface area contributed by atoms with Gasteiger partial charge in [0.1, 0.15) is 5.75 Å². The molecule has 1 amide bonds. The van der Waals surface area contributed by atoms with E-state index >= 15 is 0 Å². The minimum absolute atomic E-state index is 0.101. The molecule has 0 fully saturated rings. The first-order chi connectivity index (χ1) is 14.3. The quantitative estimate of drug-likeness (QED) is 0.585. The molecule has 0 saturated carbocycles. The highest BCUT2D eigenvalue weighted by Gasteiger charge is 2.16. The predicted octanol–water partition coefficient (Wildman–Crippen LogP) is 4.42. The maximum Gasteiger partial charge on any atom is 0.261 e. The van der Waals surface area contributed by atoms with E-state index in [1.165, 1.54) is 24.3 Å². The molecule has 156 valence electrons. The number of halogens is 1. The van der Waals surface area contributed by atoms with Crippen LogP contribution in [0, 0.1) is 0 Å². The molecule has 0 aromatic heterocycles. The Morgan fingerprint density at radius 1 is 1.00 bits per heavy atom. The van der Waals surface area contributed by atoms with Crippen LogP contribution in [0.2, 0.25) is 5.02 Å². The minimum Gasteiger partial charge on any atom is -0.496 e. The highest BCUT2D eigenvalue weighted by atomic mass is 35.5. The van der Waals surface area contributed by atoms with Gasteiger partial charge in [-0.2, -0.15) is 0 Å². The first-order valence-corrected chi connectivity index (χ1v) is 10.9. The first kappa shape index (κ1) is 21.7. The molecule has 1 N–H and O–H groups in total. The van der Waals surface area contributed by atoms with Gasteiger partial charge in [-0.1, -0.05) is 29.8 Å². The first-order valence-electron chi connectivity index (χ1n) is 9.06. The Morgan fingerprint density at radius 3 is 2.27 bits per heavy atom. The summed E-state index contributed by atoms with van der Waals surface area (Å²) in [5.74, 6) is 0.525. The molecule has 0 aliphatic rings. The van der Waals surface area contributed by atoms with E-state index in [1.807, 2.05) is 24.3 Å². The number of carbonyl (C=O) groups excluding carboxylic acids is 1.